The predicted molar refractivity (Wildman–Crippen MR) is 156 cm³/mol. The first kappa shape index (κ1) is 33.1. The smallest absolute Gasteiger partial charge is 0.431 e. The van der Waals surface area contributed by atoms with E-state index in [-0.39, 0.29) is 29.1 Å². The Morgan fingerprint density at radius 2 is 1.69 bits per heavy atom. The van der Waals surface area contributed by atoms with E-state index < -0.39 is 55.2 Å². The summed E-state index contributed by atoms with van der Waals surface area (Å²) in [6.07, 6.45) is -3.33. The van der Waals surface area contributed by atoms with Gasteiger partial charge in [-0.05, 0) is 55.3 Å². The first-order valence-corrected chi connectivity index (χ1v) is 13.9. The highest BCUT2D eigenvalue weighted by atomic mass is 35.5. The van der Waals surface area contributed by atoms with E-state index in [0.29, 0.717) is 16.1 Å². The number of amides is 1. The van der Waals surface area contributed by atoms with Crippen LogP contribution in [0.2, 0.25) is 5.02 Å². The summed E-state index contributed by atoms with van der Waals surface area (Å²) in [5, 5.41) is 15.8. The third-order valence-electron chi connectivity index (χ3n) is 6.09. The maximum atomic E-state index is 14.4. The number of hydrogen-bond donors (Lipinski definition) is 2. The van der Waals surface area contributed by atoms with Crippen molar-refractivity contribution in [3.05, 3.63) is 101 Å². The number of nitrogens with zero attached hydrogens (tertiary/aromatic N) is 2. The molecule has 1 aromatic heterocycles. The van der Waals surface area contributed by atoms with Crippen LogP contribution in [0.3, 0.4) is 0 Å². The molecule has 0 aliphatic rings. The van der Waals surface area contributed by atoms with Crippen LogP contribution in [0.15, 0.2) is 77.3 Å². The molecule has 0 bridgehead atoms. The minimum Gasteiger partial charge on any atom is -0.431 e. The van der Waals surface area contributed by atoms with Crippen LogP contribution in [0.5, 0.6) is 0 Å². The Morgan fingerprint density at radius 1 is 0.978 bits per heavy atom. The molecule has 0 radical (unpaired) electrons. The van der Waals surface area contributed by atoms with Crippen LogP contribution in [-0.4, -0.2) is 58.8 Å². The van der Waals surface area contributed by atoms with Gasteiger partial charge in [0.15, 0.2) is 6.10 Å². The Kier molecular flexibility index (Phi) is 11.2. The zero-order chi connectivity index (χ0) is 32.5. The van der Waals surface area contributed by atoms with Crippen molar-refractivity contribution < 1.29 is 47.0 Å². The average Bonchev–Trinajstić information content (AvgIpc) is 3.49. The molecule has 0 fully saturated rings. The minimum absolute atomic E-state index is 0.0556. The first-order chi connectivity index (χ1) is 21.5. The van der Waals surface area contributed by atoms with Gasteiger partial charge in [0.1, 0.15) is 17.3 Å². The molecule has 11 nitrogen and oxygen atoms in total. The van der Waals surface area contributed by atoms with Crippen LogP contribution in [0.1, 0.15) is 30.0 Å². The molecule has 45 heavy (non-hydrogen) atoms. The molecule has 1 unspecified atom stereocenters. The van der Waals surface area contributed by atoms with E-state index in [1.165, 1.54) is 47.5 Å². The molecule has 14 heteroatoms. The minimum atomic E-state index is -1.81. The molecule has 2 N–H and O–H groups in total. The van der Waals surface area contributed by atoms with Gasteiger partial charge in [-0.2, -0.15) is 0 Å². The highest BCUT2D eigenvalue weighted by molar-refractivity contribution is 6.30. The summed E-state index contributed by atoms with van der Waals surface area (Å²) in [7, 11) is 0. The van der Waals surface area contributed by atoms with Crippen molar-refractivity contribution in [2.75, 3.05) is 13.3 Å². The zero-order valence-corrected chi connectivity index (χ0v) is 24.8. The van der Waals surface area contributed by atoms with Gasteiger partial charge in [-0.3, -0.25) is 10.2 Å². The summed E-state index contributed by atoms with van der Waals surface area (Å²) in [6, 6.07) is 17.8. The van der Waals surface area contributed by atoms with E-state index in [4.69, 9.17) is 25.6 Å². The molecule has 0 aliphatic heterocycles. The lowest BCUT2D eigenvalue weighted by atomic mass is 10.0. The maximum Gasteiger partial charge on any atom is 0.511 e. The number of hydrazine groups is 1. The predicted octanol–water partition coefficient (Wildman–Crippen LogP) is 5.51. The van der Waals surface area contributed by atoms with E-state index in [1.807, 2.05) is 0 Å². The summed E-state index contributed by atoms with van der Waals surface area (Å²) in [4.78, 5) is 36.9. The fraction of sp³-hybridized carbons (Fsp3) is 0.226. The zero-order valence-electron chi connectivity index (χ0n) is 24.0. The number of hydrogen-bond acceptors (Lipinski definition) is 10. The van der Waals surface area contributed by atoms with Crippen molar-refractivity contribution in [1.82, 2.24) is 15.6 Å². The van der Waals surface area contributed by atoms with E-state index in [1.54, 1.807) is 44.2 Å². The summed E-state index contributed by atoms with van der Waals surface area (Å²) < 4.78 is 47.8. The number of halogens is 3. The van der Waals surface area contributed by atoms with Gasteiger partial charge in [0.2, 0.25) is 12.6 Å². The van der Waals surface area contributed by atoms with Crippen molar-refractivity contribution in [2.45, 2.75) is 32.6 Å². The van der Waals surface area contributed by atoms with Gasteiger partial charge in [-0.25, -0.2) is 23.4 Å². The van der Waals surface area contributed by atoms with E-state index in [9.17, 15) is 28.3 Å². The number of nitrogens with one attached hydrogen (secondary N) is 1. The Hall–Kier alpha value is -4.85. The van der Waals surface area contributed by atoms with Gasteiger partial charge in [0, 0.05) is 28.8 Å². The van der Waals surface area contributed by atoms with Gasteiger partial charge in [-0.15, -0.1) is 0 Å². The topological polar surface area (TPSA) is 140 Å². The van der Waals surface area contributed by atoms with E-state index in [0.717, 1.165) is 0 Å². The average molecular weight is 644 g/mol. The number of aliphatic hydroxyl groups is 1. The Labute approximate surface area is 261 Å². The van der Waals surface area contributed by atoms with Crippen LogP contribution >= 0.6 is 11.6 Å². The number of ether oxygens (including phenoxy) is 3. The van der Waals surface area contributed by atoms with Crippen molar-refractivity contribution in [3.8, 4) is 22.4 Å². The van der Waals surface area contributed by atoms with Crippen molar-refractivity contribution in [2.24, 2.45) is 0 Å². The number of carbonyl (C=O) groups excluding carboxylic acids is 3. The summed E-state index contributed by atoms with van der Waals surface area (Å²) >= 11 is 6.01. The molecule has 0 saturated heterocycles. The number of aliphatic hydroxyl groups excluding tert-OH is 1. The van der Waals surface area contributed by atoms with Crippen LogP contribution in [0.4, 0.5) is 13.6 Å². The fourth-order valence-electron chi connectivity index (χ4n) is 4.00. The Balaban J connectivity index is 1.48. The monoisotopic (exact) mass is 643 g/mol. The number of benzene rings is 3. The normalized spacial score (nSPS) is 11.7. The standard InChI is InChI=1S/C31H28ClF2N3O8/c1-18(2)44-31(41)43-17-42-30(40)27(38)16-37(15-19-7-9-20(10-8-19)23-13-21(32)11-12-25(23)34)35-29(39)28-14-26(36-45-28)22-5-3-4-6-24(22)33/h3-14,18,27,38H,15-17H2,1-2H3,(H,35,39). The molecule has 0 spiro atoms. The van der Waals surface area contributed by atoms with Gasteiger partial charge in [-0.1, -0.05) is 53.2 Å². The third kappa shape index (κ3) is 9.32. The quantitative estimate of drug-likeness (QED) is 0.115. The summed E-state index contributed by atoms with van der Waals surface area (Å²) in [5.74, 6) is -3.28. The SMILES string of the molecule is CC(C)OC(=O)OCOC(=O)C(O)CN(Cc1ccc(-c2cc(Cl)ccc2F)cc1)NC(=O)c1cc(-c2ccccc2F)no1. The molecule has 1 atom stereocenters. The van der Waals surface area contributed by atoms with E-state index >= 15 is 0 Å². The summed E-state index contributed by atoms with van der Waals surface area (Å²) in [6.45, 7) is 1.84. The first-order valence-electron chi connectivity index (χ1n) is 13.5. The lowest BCUT2D eigenvalue weighted by Gasteiger charge is -2.24. The number of aromatic nitrogens is 1. The van der Waals surface area contributed by atoms with Crippen LogP contribution in [0.25, 0.3) is 22.4 Å². The molecule has 0 aliphatic carbocycles. The van der Waals surface area contributed by atoms with Crippen LogP contribution < -0.4 is 5.43 Å². The molecule has 1 amide bonds. The lowest BCUT2D eigenvalue weighted by Crippen LogP contribution is -2.47. The van der Waals surface area contributed by atoms with Crippen molar-refractivity contribution in [3.63, 3.8) is 0 Å². The summed E-state index contributed by atoms with van der Waals surface area (Å²) in [5.41, 5.74) is 4.13. The molecule has 0 saturated carbocycles. The third-order valence-corrected chi connectivity index (χ3v) is 6.32. The molecule has 4 rings (SSSR count). The number of esters is 1. The van der Waals surface area contributed by atoms with Crippen LogP contribution in [0, 0.1) is 11.6 Å². The largest absolute Gasteiger partial charge is 0.511 e. The Bertz CT molecular complexity index is 1650. The maximum absolute atomic E-state index is 14.4. The molecule has 4 aromatic rings. The Morgan fingerprint density at radius 3 is 2.40 bits per heavy atom. The van der Waals surface area contributed by atoms with E-state index in [2.05, 4.69) is 15.3 Å². The van der Waals surface area contributed by atoms with Crippen molar-refractivity contribution in [1.29, 1.82) is 0 Å². The van der Waals surface area contributed by atoms with Gasteiger partial charge in [0.25, 0.3) is 0 Å². The van der Waals surface area contributed by atoms with Gasteiger partial charge < -0.3 is 23.8 Å². The molecular weight excluding hydrogens is 616 g/mol. The number of carbonyl (C=O) groups is 3. The molecule has 236 valence electrons. The molecule has 3 aromatic carbocycles. The van der Waals surface area contributed by atoms with Gasteiger partial charge >= 0.3 is 18.0 Å². The highest BCUT2D eigenvalue weighted by Gasteiger charge is 2.25. The fourth-order valence-corrected chi connectivity index (χ4v) is 4.17. The second-order valence-electron chi connectivity index (χ2n) is 9.86. The number of rotatable bonds is 12. The molecule has 1 heterocycles. The van der Waals surface area contributed by atoms with Crippen LogP contribution in [-0.2, 0) is 25.5 Å². The lowest BCUT2D eigenvalue weighted by molar-refractivity contribution is -0.164. The second-order valence-corrected chi connectivity index (χ2v) is 10.3. The molecular formula is C31H28ClF2N3O8. The highest BCUT2D eigenvalue weighted by Crippen LogP contribution is 2.27. The second kappa shape index (κ2) is 15.2. The van der Waals surface area contributed by atoms with Crippen molar-refractivity contribution >= 4 is 29.6 Å². The van der Waals surface area contributed by atoms with Gasteiger partial charge in [0.05, 0.1) is 12.6 Å².